The number of nitro groups is 1. The van der Waals surface area contributed by atoms with Crippen LogP contribution in [0, 0.1) is 10.1 Å². The van der Waals surface area contributed by atoms with Crippen LogP contribution in [-0.2, 0) is 4.74 Å². The minimum atomic E-state index is -0.568. The highest BCUT2D eigenvalue weighted by molar-refractivity contribution is 5.90. The van der Waals surface area contributed by atoms with Crippen LogP contribution in [0.2, 0.25) is 0 Å². The SMILES string of the molecule is COC(=O)c1ccc([N+](=O)[O-])c(OCC(C)(C)N(C)C)c1. The fourth-order valence-electron chi connectivity index (χ4n) is 1.41. The molecule has 1 aromatic rings. The molecule has 0 saturated carbocycles. The Hall–Kier alpha value is -2.15. The average molecular weight is 296 g/mol. The number of hydrogen-bond donors (Lipinski definition) is 0. The van der Waals surface area contributed by atoms with Crippen LogP contribution in [0.1, 0.15) is 24.2 Å². The maximum absolute atomic E-state index is 11.5. The first-order valence-electron chi connectivity index (χ1n) is 6.36. The van der Waals surface area contributed by atoms with Crippen molar-refractivity contribution in [2.45, 2.75) is 19.4 Å². The molecule has 0 aromatic heterocycles. The van der Waals surface area contributed by atoms with Crippen molar-refractivity contribution >= 4 is 11.7 Å². The van der Waals surface area contributed by atoms with E-state index in [4.69, 9.17) is 4.74 Å². The van der Waals surface area contributed by atoms with Crippen molar-refractivity contribution in [3.8, 4) is 5.75 Å². The first-order valence-corrected chi connectivity index (χ1v) is 6.36. The lowest BCUT2D eigenvalue weighted by molar-refractivity contribution is -0.385. The highest BCUT2D eigenvalue weighted by Gasteiger charge is 2.24. The number of likely N-dealkylation sites (N-methyl/N-ethyl adjacent to an activating group) is 1. The van der Waals surface area contributed by atoms with E-state index in [0.29, 0.717) is 0 Å². The number of rotatable bonds is 6. The molecular formula is C14H20N2O5. The van der Waals surface area contributed by atoms with Crippen molar-refractivity contribution in [2.24, 2.45) is 0 Å². The second-order valence-electron chi connectivity index (χ2n) is 5.43. The maximum Gasteiger partial charge on any atom is 0.337 e. The molecule has 0 fully saturated rings. The number of nitro benzene ring substituents is 1. The van der Waals surface area contributed by atoms with Gasteiger partial charge in [0.05, 0.1) is 17.6 Å². The Balaban J connectivity index is 3.07. The number of ether oxygens (including phenoxy) is 2. The fraction of sp³-hybridized carbons (Fsp3) is 0.500. The summed E-state index contributed by atoms with van der Waals surface area (Å²) in [5.74, 6) is -0.514. The number of benzene rings is 1. The lowest BCUT2D eigenvalue weighted by atomic mass is 10.1. The van der Waals surface area contributed by atoms with Crippen molar-refractivity contribution in [3.63, 3.8) is 0 Å². The molecule has 116 valence electrons. The van der Waals surface area contributed by atoms with E-state index in [2.05, 4.69) is 4.74 Å². The topological polar surface area (TPSA) is 81.9 Å². The van der Waals surface area contributed by atoms with Crippen molar-refractivity contribution in [1.82, 2.24) is 4.90 Å². The van der Waals surface area contributed by atoms with Gasteiger partial charge in [0.15, 0.2) is 5.75 Å². The van der Waals surface area contributed by atoms with Gasteiger partial charge in [0.25, 0.3) is 0 Å². The highest BCUT2D eigenvalue weighted by atomic mass is 16.6. The van der Waals surface area contributed by atoms with Gasteiger partial charge >= 0.3 is 11.7 Å². The van der Waals surface area contributed by atoms with Crippen LogP contribution in [0.5, 0.6) is 5.75 Å². The zero-order valence-electron chi connectivity index (χ0n) is 12.9. The second-order valence-corrected chi connectivity index (χ2v) is 5.43. The van der Waals surface area contributed by atoms with E-state index in [-0.39, 0.29) is 29.1 Å². The van der Waals surface area contributed by atoms with Crippen LogP contribution in [-0.4, -0.2) is 49.1 Å². The Morgan fingerprint density at radius 1 is 1.38 bits per heavy atom. The highest BCUT2D eigenvalue weighted by Crippen LogP contribution is 2.29. The first-order chi connectivity index (χ1) is 9.69. The quantitative estimate of drug-likeness (QED) is 0.454. The van der Waals surface area contributed by atoms with Crippen LogP contribution < -0.4 is 4.74 Å². The number of esters is 1. The van der Waals surface area contributed by atoms with Crippen molar-refractivity contribution in [2.75, 3.05) is 27.8 Å². The molecule has 0 aliphatic heterocycles. The Morgan fingerprint density at radius 2 is 2.00 bits per heavy atom. The molecule has 0 heterocycles. The predicted molar refractivity (Wildman–Crippen MR) is 77.7 cm³/mol. The zero-order valence-corrected chi connectivity index (χ0v) is 12.9. The molecule has 21 heavy (non-hydrogen) atoms. The summed E-state index contributed by atoms with van der Waals surface area (Å²) in [5.41, 5.74) is -0.284. The van der Waals surface area contributed by atoms with Gasteiger partial charge in [-0.2, -0.15) is 0 Å². The van der Waals surface area contributed by atoms with Crippen molar-refractivity contribution in [3.05, 3.63) is 33.9 Å². The minimum Gasteiger partial charge on any atom is -0.485 e. The van der Waals surface area contributed by atoms with Gasteiger partial charge in [-0.3, -0.25) is 10.1 Å². The summed E-state index contributed by atoms with van der Waals surface area (Å²) >= 11 is 0. The molecule has 0 aliphatic carbocycles. The van der Waals surface area contributed by atoms with Gasteiger partial charge < -0.3 is 14.4 Å². The molecule has 0 amide bonds. The summed E-state index contributed by atoms with van der Waals surface area (Å²) in [6.07, 6.45) is 0. The maximum atomic E-state index is 11.5. The van der Waals surface area contributed by atoms with Gasteiger partial charge in [0.1, 0.15) is 6.61 Å². The minimum absolute atomic E-state index is 0.0535. The molecule has 7 nitrogen and oxygen atoms in total. The van der Waals surface area contributed by atoms with Crippen LogP contribution in [0.3, 0.4) is 0 Å². The van der Waals surface area contributed by atoms with E-state index in [1.54, 1.807) is 0 Å². The van der Waals surface area contributed by atoms with Crippen molar-refractivity contribution < 1.29 is 19.2 Å². The molecule has 0 radical (unpaired) electrons. The van der Waals surface area contributed by atoms with Crippen molar-refractivity contribution in [1.29, 1.82) is 0 Å². The smallest absolute Gasteiger partial charge is 0.337 e. The molecule has 0 spiro atoms. The molecule has 0 saturated heterocycles. The largest absolute Gasteiger partial charge is 0.485 e. The molecular weight excluding hydrogens is 276 g/mol. The van der Waals surface area contributed by atoms with Gasteiger partial charge in [-0.1, -0.05) is 0 Å². The lowest BCUT2D eigenvalue weighted by Crippen LogP contribution is -2.43. The molecule has 0 unspecified atom stereocenters. The van der Waals surface area contributed by atoms with Gasteiger partial charge in [0, 0.05) is 17.7 Å². The second kappa shape index (κ2) is 6.53. The van der Waals surface area contributed by atoms with Crippen LogP contribution in [0.4, 0.5) is 5.69 Å². The monoisotopic (exact) mass is 296 g/mol. The number of carbonyl (C=O) groups is 1. The van der Waals surface area contributed by atoms with E-state index >= 15 is 0 Å². The van der Waals surface area contributed by atoms with Gasteiger partial charge in [0.2, 0.25) is 0 Å². The molecule has 0 aliphatic rings. The van der Waals surface area contributed by atoms with E-state index in [1.807, 2.05) is 32.8 Å². The Labute approximate surface area is 123 Å². The van der Waals surface area contributed by atoms with Crippen LogP contribution >= 0.6 is 0 Å². The average Bonchev–Trinajstić information content (AvgIpc) is 2.43. The standard InChI is InChI=1S/C14H20N2O5/c1-14(2,15(3)4)9-21-12-8-10(13(17)20-5)6-7-11(12)16(18)19/h6-8H,9H2,1-5H3. The first kappa shape index (κ1) is 16.9. The number of hydrogen-bond acceptors (Lipinski definition) is 6. The van der Waals surface area contributed by atoms with Crippen LogP contribution in [0.15, 0.2) is 18.2 Å². The number of carbonyl (C=O) groups excluding carboxylic acids is 1. The normalized spacial score (nSPS) is 11.3. The van der Waals surface area contributed by atoms with E-state index in [1.165, 1.54) is 25.3 Å². The van der Waals surface area contributed by atoms with Gasteiger partial charge in [-0.15, -0.1) is 0 Å². The van der Waals surface area contributed by atoms with Gasteiger partial charge in [-0.25, -0.2) is 4.79 Å². The molecule has 1 aromatic carbocycles. The molecule has 0 bridgehead atoms. The Bertz CT molecular complexity index is 540. The van der Waals surface area contributed by atoms with E-state index < -0.39 is 10.9 Å². The summed E-state index contributed by atoms with van der Waals surface area (Å²) in [4.78, 5) is 23.9. The number of methoxy groups -OCH3 is 1. The fourth-order valence-corrected chi connectivity index (χ4v) is 1.41. The van der Waals surface area contributed by atoms with Gasteiger partial charge in [-0.05, 0) is 34.0 Å². The summed E-state index contributed by atoms with van der Waals surface area (Å²) in [6.45, 7) is 4.14. The zero-order chi connectivity index (χ0) is 16.2. The Kier molecular flexibility index (Phi) is 5.26. The summed E-state index contributed by atoms with van der Waals surface area (Å²) in [6, 6.07) is 3.91. The summed E-state index contributed by atoms with van der Waals surface area (Å²) < 4.78 is 10.2. The third-order valence-corrected chi connectivity index (χ3v) is 3.37. The predicted octanol–water partition coefficient (Wildman–Crippen LogP) is 2.10. The van der Waals surface area contributed by atoms with Crippen LogP contribution in [0.25, 0.3) is 0 Å². The Morgan fingerprint density at radius 3 is 2.48 bits per heavy atom. The molecule has 1 rings (SSSR count). The molecule has 0 N–H and O–H groups in total. The summed E-state index contributed by atoms with van der Waals surface area (Å²) in [5, 5.41) is 11.0. The lowest BCUT2D eigenvalue weighted by Gasteiger charge is -2.32. The molecule has 7 heteroatoms. The number of nitrogens with zero attached hydrogens (tertiary/aromatic N) is 2. The third-order valence-electron chi connectivity index (χ3n) is 3.37. The molecule has 0 atom stereocenters. The van der Waals surface area contributed by atoms with E-state index in [0.717, 1.165) is 0 Å². The third kappa shape index (κ3) is 4.16. The van der Waals surface area contributed by atoms with E-state index in [9.17, 15) is 14.9 Å². The summed E-state index contributed by atoms with van der Waals surface area (Å²) in [7, 11) is 5.03.